The van der Waals surface area contributed by atoms with Crippen molar-refractivity contribution in [3.8, 4) is 0 Å². The van der Waals surface area contributed by atoms with Gasteiger partial charge in [0, 0.05) is 0 Å². The predicted octanol–water partition coefficient (Wildman–Crippen LogP) is 2.11. The number of hydrogen-bond donors (Lipinski definition) is 1. The van der Waals surface area contributed by atoms with Crippen molar-refractivity contribution in [1.29, 1.82) is 0 Å². The van der Waals surface area contributed by atoms with Crippen LogP contribution in [0.4, 0.5) is 0 Å². The summed E-state index contributed by atoms with van der Waals surface area (Å²) in [5.41, 5.74) is 0. The molecule has 0 spiro atoms. The van der Waals surface area contributed by atoms with E-state index in [0.29, 0.717) is 6.10 Å². The van der Waals surface area contributed by atoms with Crippen LogP contribution in [-0.2, 0) is 4.74 Å². The van der Waals surface area contributed by atoms with Gasteiger partial charge in [0.2, 0.25) is 0 Å². The molecule has 12 heavy (non-hydrogen) atoms. The van der Waals surface area contributed by atoms with E-state index in [4.69, 9.17) is 9.84 Å². The Bertz CT molecular complexity index is 114. The lowest BCUT2D eigenvalue weighted by Crippen LogP contribution is -1.98. The van der Waals surface area contributed by atoms with Crippen LogP contribution in [-0.4, -0.2) is 23.9 Å². The van der Waals surface area contributed by atoms with E-state index in [1.807, 2.05) is 0 Å². The highest BCUT2D eigenvalue weighted by Crippen LogP contribution is 2.26. The number of aliphatic hydroxyl groups excluding tert-OH is 1. The van der Waals surface area contributed by atoms with E-state index in [2.05, 4.69) is 6.92 Å². The van der Waals surface area contributed by atoms with Gasteiger partial charge < -0.3 is 9.84 Å². The van der Waals surface area contributed by atoms with Crippen molar-refractivity contribution in [2.75, 3.05) is 6.61 Å². The monoisotopic (exact) mass is 172 g/mol. The third-order valence-electron chi connectivity index (χ3n) is 2.46. The van der Waals surface area contributed by atoms with Crippen LogP contribution in [0.1, 0.15) is 45.4 Å². The maximum atomic E-state index is 8.69. The second-order valence-electron chi connectivity index (χ2n) is 3.60. The molecule has 0 bridgehead atoms. The standard InChI is InChI=1S/C10H20O2/c1-2-3-4-5-6-7-9-10(8-11)12-9/h9-11H,2-8H2,1H3/t9-,10-/m1/s1. The predicted molar refractivity (Wildman–Crippen MR) is 49.1 cm³/mol. The fourth-order valence-electron chi connectivity index (χ4n) is 1.54. The molecule has 0 unspecified atom stereocenters. The summed E-state index contributed by atoms with van der Waals surface area (Å²) >= 11 is 0. The van der Waals surface area contributed by atoms with E-state index in [-0.39, 0.29) is 12.7 Å². The van der Waals surface area contributed by atoms with Gasteiger partial charge in [0.15, 0.2) is 0 Å². The van der Waals surface area contributed by atoms with Crippen molar-refractivity contribution in [2.24, 2.45) is 0 Å². The third-order valence-corrected chi connectivity index (χ3v) is 2.46. The molecule has 2 atom stereocenters. The highest BCUT2D eigenvalue weighted by Gasteiger charge is 2.36. The molecule has 0 saturated carbocycles. The fraction of sp³-hybridized carbons (Fsp3) is 1.00. The van der Waals surface area contributed by atoms with E-state index < -0.39 is 0 Å². The third kappa shape index (κ3) is 3.55. The number of ether oxygens (including phenoxy) is 1. The Kier molecular flexibility index (Phi) is 4.62. The van der Waals surface area contributed by atoms with Gasteiger partial charge in [-0.15, -0.1) is 0 Å². The maximum absolute atomic E-state index is 8.69. The zero-order valence-electron chi connectivity index (χ0n) is 7.96. The largest absolute Gasteiger partial charge is 0.394 e. The second-order valence-corrected chi connectivity index (χ2v) is 3.60. The van der Waals surface area contributed by atoms with Gasteiger partial charge in [-0.05, 0) is 6.42 Å². The van der Waals surface area contributed by atoms with Gasteiger partial charge in [0.05, 0.1) is 12.7 Å². The van der Waals surface area contributed by atoms with Gasteiger partial charge in [0.25, 0.3) is 0 Å². The Hall–Kier alpha value is -0.0800. The number of epoxide rings is 1. The van der Waals surface area contributed by atoms with Crippen molar-refractivity contribution in [1.82, 2.24) is 0 Å². The van der Waals surface area contributed by atoms with Crippen molar-refractivity contribution in [3.05, 3.63) is 0 Å². The van der Waals surface area contributed by atoms with Crippen LogP contribution in [0.5, 0.6) is 0 Å². The van der Waals surface area contributed by atoms with Crippen molar-refractivity contribution < 1.29 is 9.84 Å². The van der Waals surface area contributed by atoms with E-state index in [0.717, 1.165) is 6.42 Å². The average molecular weight is 172 g/mol. The lowest BCUT2D eigenvalue weighted by Gasteiger charge is -1.96. The van der Waals surface area contributed by atoms with Crippen molar-refractivity contribution >= 4 is 0 Å². The van der Waals surface area contributed by atoms with E-state index in [9.17, 15) is 0 Å². The molecule has 1 aliphatic rings. The maximum Gasteiger partial charge on any atom is 0.107 e. The van der Waals surface area contributed by atoms with Crippen LogP contribution in [0, 0.1) is 0 Å². The minimum Gasteiger partial charge on any atom is -0.394 e. The molecule has 0 aromatic heterocycles. The second kappa shape index (κ2) is 5.55. The van der Waals surface area contributed by atoms with Crippen LogP contribution >= 0.6 is 0 Å². The Morgan fingerprint density at radius 1 is 1.08 bits per heavy atom. The fourth-order valence-corrected chi connectivity index (χ4v) is 1.54. The van der Waals surface area contributed by atoms with Gasteiger partial charge in [-0.3, -0.25) is 0 Å². The normalized spacial score (nSPS) is 27.5. The Morgan fingerprint density at radius 2 is 1.83 bits per heavy atom. The summed E-state index contributed by atoms with van der Waals surface area (Å²) < 4.78 is 5.22. The summed E-state index contributed by atoms with van der Waals surface area (Å²) in [5.74, 6) is 0. The quantitative estimate of drug-likeness (QED) is 0.471. The smallest absolute Gasteiger partial charge is 0.107 e. The number of rotatable bonds is 7. The first-order valence-electron chi connectivity index (χ1n) is 5.14. The highest BCUT2D eigenvalue weighted by atomic mass is 16.6. The molecule has 2 nitrogen and oxygen atoms in total. The van der Waals surface area contributed by atoms with E-state index in [1.54, 1.807) is 0 Å². The van der Waals surface area contributed by atoms with Crippen LogP contribution in [0.2, 0.25) is 0 Å². The number of hydrogen-bond acceptors (Lipinski definition) is 2. The zero-order chi connectivity index (χ0) is 8.81. The van der Waals surface area contributed by atoms with Gasteiger partial charge >= 0.3 is 0 Å². The molecule has 0 amide bonds. The Labute approximate surface area is 74.9 Å². The van der Waals surface area contributed by atoms with E-state index >= 15 is 0 Å². The molecule has 1 heterocycles. The van der Waals surface area contributed by atoms with Gasteiger partial charge in [-0.2, -0.15) is 0 Å². The SMILES string of the molecule is CCCCCCC[C@H]1O[C@@H]1CO. The topological polar surface area (TPSA) is 32.8 Å². The molecular weight excluding hydrogens is 152 g/mol. The van der Waals surface area contributed by atoms with Crippen LogP contribution in [0.15, 0.2) is 0 Å². The van der Waals surface area contributed by atoms with Crippen LogP contribution in [0.25, 0.3) is 0 Å². The van der Waals surface area contributed by atoms with Gasteiger partial charge in [0.1, 0.15) is 6.10 Å². The molecule has 72 valence electrons. The summed E-state index contributed by atoms with van der Waals surface area (Å²) in [6, 6.07) is 0. The molecule has 0 aromatic rings. The van der Waals surface area contributed by atoms with Crippen LogP contribution < -0.4 is 0 Å². The number of aliphatic hydroxyl groups is 1. The molecule has 1 rings (SSSR count). The molecular formula is C10H20O2. The summed E-state index contributed by atoms with van der Waals surface area (Å²) in [6.45, 7) is 2.44. The minimum absolute atomic E-state index is 0.177. The molecule has 1 fully saturated rings. The summed E-state index contributed by atoms with van der Waals surface area (Å²) in [7, 11) is 0. The molecule has 0 aliphatic carbocycles. The first-order valence-corrected chi connectivity index (χ1v) is 5.14. The molecule has 1 N–H and O–H groups in total. The molecule has 0 radical (unpaired) electrons. The number of unbranched alkanes of at least 4 members (excludes halogenated alkanes) is 4. The first kappa shape index (κ1) is 10.0. The first-order chi connectivity index (χ1) is 5.88. The Balaban J connectivity index is 1.78. The van der Waals surface area contributed by atoms with Crippen LogP contribution in [0.3, 0.4) is 0 Å². The zero-order valence-corrected chi connectivity index (χ0v) is 7.96. The lowest BCUT2D eigenvalue weighted by molar-refractivity contribution is 0.241. The Morgan fingerprint density at radius 3 is 2.42 bits per heavy atom. The molecule has 1 saturated heterocycles. The van der Waals surface area contributed by atoms with Crippen molar-refractivity contribution in [3.63, 3.8) is 0 Å². The lowest BCUT2D eigenvalue weighted by atomic mass is 10.1. The summed E-state index contributed by atoms with van der Waals surface area (Å²) in [5, 5.41) is 8.69. The molecule has 1 aliphatic heterocycles. The van der Waals surface area contributed by atoms with Gasteiger partial charge in [-0.1, -0.05) is 39.0 Å². The summed E-state index contributed by atoms with van der Waals surface area (Å²) in [4.78, 5) is 0. The highest BCUT2D eigenvalue weighted by molar-refractivity contribution is 4.83. The van der Waals surface area contributed by atoms with E-state index in [1.165, 1.54) is 32.1 Å². The molecule has 2 heteroatoms. The van der Waals surface area contributed by atoms with Crippen molar-refractivity contribution in [2.45, 2.75) is 57.7 Å². The molecule has 0 aromatic carbocycles. The average Bonchev–Trinajstić information content (AvgIpc) is 2.83. The van der Waals surface area contributed by atoms with Gasteiger partial charge in [-0.25, -0.2) is 0 Å². The minimum atomic E-state index is 0.177. The summed E-state index contributed by atoms with van der Waals surface area (Å²) in [6.07, 6.45) is 8.32.